The lowest BCUT2D eigenvalue weighted by Crippen LogP contribution is -2.39. The topological polar surface area (TPSA) is 116 Å². The van der Waals surface area contributed by atoms with Gasteiger partial charge in [-0.1, -0.05) is 25.6 Å². The van der Waals surface area contributed by atoms with Gasteiger partial charge in [0, 0.05) is 24.3 Å². The Morgan fingerprint density at radius 2 is 1.89 bits per heavy atom. The molecule has 2 aliphatic heterocycles. The van der Waals surface area contributed by atoms with Gasteiger partial charge in [0.05, 0.1) is 6.20 Å². The van der Waals surface area contributed by atoms with Gasteiger partial charge in [-0.2, -0.15) is 0 Å². The maximum Gasteiger partial charge on any atom is 0.271 e. The lowest BCUT2D eigenvalue weighted by Gasteiger charge is -2.38. The second kappa shape index (κ2) is 10.0. The zero-order chi connectivity index (χ0) is 25.2. The van der Waals surface area contributed by atoms with Gasteiger partial charge in [0.15, 0.2) is 11.5 Å². The molecule has 2 aliphatic rings. The molecule has 4 N–H and O–H groups in total. The van der Waals surface area contributed by atoms with E-state index in [4.69, 9.17) is 5.73 Å². The molecule has 0 bridgehead atoms. The van der Waals surface area contributed by atoms with Crippen molar-refractivity contribution in [3.63, 3.8) is 0 Å². The number of anilines is 3. The van der Waals surface area contributed by atoms with Crippen molar-refractivity contribution in [2.75, 3.05) is 37.3 Å². The van der Waals surface area contributed by atoms with Gasteiger partial charge in [-0.25, -0.2) is 9.97 Å². The lowest BCUT2D eigenvalue weighted by molar-refractivity contribution is -0.126. The highest BCUT2D eigenvalue weighted by Crippen LogP contribution is 2.35. The van der Waals surface area contributed by atoms with Crippen molar-refractivity contribution in [2.24, 2.45) is 5.73 Å². The number of rotatable bonds is 7. The summed E-state index contributed by atoms with van der Waals surface area (Å²) in [5.41, 5.74) is 7.90. The summed E-state index contributed by atoms with van der Waals surface area (Å²) in [6.07, 6.45) is 5.85. The van der Waals surface area contributed by atoms with Crippen molar-refractivity contribution < 1.29 is 9.59 Å². The Kier molecular flexibility index (Phi) is 7.07. The average molecular weight is 478 g/mol. The summed E-state index contributed by atoms with van der Waals surface area (Å²) < 4.78 is 0. The first-order valence-electron chi connectivity index (χ1n) is 12.1. The van der Waals surface area contributed by atoms with Crippen LogP contribution in [0, 0.1) is 0 Å². The van der Waals surface area contributed by atoms with Crippen molar-refractivity contribution >= 4 is 29.1 Å². The summed E-state index contributed by atoms with van der Waals surface area (Å²) in [7, 11) is 2.16. The molecule has 2 atom stereocenters. The third-order valence-corrected chi connectivity index (χ3v) is 7.49. The number of amides is 2. The first kappa shape index (κ1) is 24.7. The van der Waals surface area contributed by atoms with Gasteiger partial charge in [0.1, 0.15) is 5.82 Å². The number of benzene rings is 1. The molecule has 3 heterocycles. The van der Waals surface area contributed by atoms with Crippen molar-refractivity contribution in [3.8, 4) is 0 Å². The molecule has 0 unspecified atom stereocenters. The molecule has 4 rings (SSSR count). The zero-order valence-electron chi connectivity index (χ0n) is 20.8. The Bertz CT molecular complexity index is 1090. The Balaban J connectivity index is 1.50. The standard InChI is InChI=1S/C26H35N7O2/c1-5-22(34)33-13-10-20(17(33)2)30-21-16-28-23(24(27)35)25(31-21)29-19-8-6-18(7-9-19)26(3)11-14-32(4)15-12-26/h5-9,16-17,20H,1,10-15H2,2-4H3,(H2,27,35)(H2,29,30,31)/t17-,20-/m1/s1. The SMILES string of the molecule is C=CC(=O)N1CC[C@@H](Nc2cnc(C(N)=O)c(Nc3ccc(C4(C)CCN(C)CC4)cc3)n2)[C@H]1C. The number of likely N-dealkylation sites (tertiary alicyclic amines) is 2. The van der Waals surface area contributed by atoms with Crippen LogP contribution in [0.5, 0.6) is 0 Å². The van der Waals surface area contributed by atoms with Gasteiger partial charge in [0.25, 0.3) is 5.91 Å². The van der Waals surface area contributed by atoms with Gasteiger partial charge in [-0.15, -0.1) is 0 Å². The Hall–Kier alpha value is -3.46. The van der Waals surface area contributed by atoms with Crippen molar-refractivity contribution in [2.45, 2.75) is 50.6 Å². The third-order valence-electron chi connectivity index (χ3n) is 7.49. The first-order chi connectivity index (χ1) is 16.7. The Labute approximate surface area is 206 Å². The number of aromatic nitrogens is 2. The number of hydrogen-bond donors (Lipinski definition) is 3. The first-order valence-corrected chi connectivity index (χ1v) is 12.1. The largest absolute Gasteiger partial charge is 0.364 e. The van der Waals surface area contributed by atoms with E-state index in [1.165, 1.54) is 17.8 Å². The van der Waals surface area contributed by atoms with Crippen LogP contribution in [-0.4, -0.2) is 70.3 Å². The van der Waals surface area contributed by atoms with E-state index < -0.39 is 5.91 Å². The number of carbonyl (C=O) groups excluding carboxylic acids is 2. The summed E-state index contributed by atoms with van der Waals surface area (Å²) >= 11 is 0. The maximum atomic E-state index is 12.0. The molecule has 186 valence electrons. The Morgan fingerprint density at radius 3 is 2.51 bits per heavy atom. The van der Waals surface area contributed by atoms with Crippen LogP contribution < -0.4 is 16.4 Å². The molecule has 0 radical (unpaired) electrons. The maximum absolute atomic E-state index is 12.0. The molecule has 35 heavy (non-hydrogen) atoms. The summed E-state index contributed by atoms with van der Waals surface area (Å²) in [5.74, 6) is 0.0685. The second-order valence-corrected chi connectivity index (χ2v) is 9.90. The van der Waals surface area contributed by atoms with E-state index in [0.717, 1.165) is 38.0 Å². The monoisotopic (exact) mass is 477 g/mol. The molecule has 9 heteroatoms. The fourth-order valence-electron chi connectivity index (χ4n) is 4.97. The van der Waals surface area contributed by atoms with Crippen LogP contribution in [0.4, 0.5) is 17.3 Å². The molecule has 2 aromatic rings. The highest BCUT2D eigenvalue weighted by Gasteiger charge is 2.33. The van der Waals surface area contributed by atoms with Crippen LogP contribution in [0.15, 0.2) is 43.1 Å². The quantitative estimate of drug-likeness (QED) is 0.525. The van der Waals surface area contributed by atoms with Crippen LogP contribution in [0.1, 0.15) is 49.2 Å². The number of nitrogens with two attached hydrogens (primary N) is 1. The molecule has 2 saturated heterocycles. The summed E-state index contributed by atoms with van der Waals surface area (Å²) in [5, 5.41) is 6.57. The molecule has 0 aliphatic carbocycles. The van der Waals surface area contributed by atoms with Gasteiger partial charge in [0.2, 0.25) is 5.91 Å². The van der Waals surface area contributed by atoms with Crippen LogP contribution in [0.2, 0.25) is 0 Å². The van der Waals surface area contributed by atoms with Crippen molar-refractivity contribution in [1.29, 1.82) is 0 Å². The van der Waals surface area contributed by atoms with Crippen molar-refractivity contribution in [3.05, 3.63) is 54.4 Å². The predicted octanol–water partition coefficient (Wildman–Crippen LogP) is 2.89. The number of hydrogen-bond acceptors (Lipinski definition) is 7. The number of carbonyl (C=O) groups is 2. The summed E-state index contributed by atoms with van der Waals surface area (Å²) in [6, 6.07) is 8.27. The van der Waals surface area contributed by atoms with Crippen LogP contribution >= 0.6 is 0 Å². The summed E-state index contributed by atoms with van der Waals surface area (Å²) in [6.45, 7) is 10.7. The molecule has 2 amide bonds. The van der Waals surface area contributed by atoms with E-state index in [0.29, 0.717) is 18.2 Å². The minimum atomic E-state index is -0.654. The van der Waals surface area contributed by atoms with Gasteiger partial charge in [-0.05, 0) is 75.5 Å². The second-order valence-electron chi connectivity index (χ2n) is 9.90. The van der Waals surface area contributed by atoms with E-state index in [9.17, 15) is 9.59 Å². The van der Waals surface area contributed by atoms with Gasteiger partial charge < -0.3 is 26.2 Å². The number of nitrogens with zero attached hydrogens (tertiary/aromatic N) is 4. The lowest BCUT2D eigenvalue weighted by atomic mass is 9.74. The fourth-order valence-corrected chi connectivity index (χ4v) is 4.97. The molecule has 0 spiro atoms. The van der Waals surface area contributed by atoms with E-state index in [1.807, 2.05) is 19.1 Å². The van der Waals surface area contributed by atoms with E-state index in [2.05, 4.69) is 58.2 Å². The third kappa shape index (κ3) is 5.30. The minimum Gasteiger partial charge on any atom is -0.364 e. The number of nitrogens with one attached hydrogen (secondary N) is 2. The summed E-state index contributed by atoms with van der Waals surface area (Å²) in [4.78, 5) is 37.0. The van der Waals surface area contributed by atoms with Crippen LogP contribution in [0.25, 0.3) is 0 Å². The van der Waals surface area contributed by atoms with Gasteiger partial charge in [-0.3, -0.25) is 9.59 Å². The van der Waals surface area contributed by atoms with Crippen molar-refractivity contribution in [1.82, 2.24) is 19.8 Å². The molecule has 2 fully saturated rings. The fraction of sp³-hybridized carbons (Fsp3) is 0.462. The predicted molar refractivity (Wildman–Crippen MR) is 138 cm³/mol. The number of piperidine rings is 1. The normalized spacial score (nSPS) is 22.0. The molecular formula is C26H35N7O2. The molecular weight excluding hydrogens is 442 g/mol. The van der Waals surface area contributed by atoms with E-state index in [-0.39, 0.29) is 29.1 Å². The van der Waals surface area contributed by atoms with Gasteiger partial charge >= 0.3 is 0 Å². The molecule has 0 saturated carbocycles. The zero-order valence-corrected chi connectivity index (χ0v) is 20.8. The average Bonchev–Trinajstić information content (AvgIpc) is 3.21. The molecule has 1 aromatic heterocycles. The molecule has 9 nitrogen and oxygen atoms in total. The highest BCUT2D eigenvalue weighted by atomic mass is 16.2. The molecule has 1 aromatic carbocycles. The van der Waals surface area contributed by atoms with Crippen LogP contribution in [-0.2, 0) is 10.2 Å². The minimum absolute atomic E-state index is 0.00930. The van der Waals surface area contributed by atoms with E-state index in [1.54, 1.807) is 4.90 Å². The smallest absolute Gasteiger partial charge is 0.271 e. The number of primary amides is 1. The Morgan fingerprint density at radius 1 is 1.20 bits per heavy atom. The van der Waals surface area contributed by atoms with E-state index >= 15 is 0 Å². The highest BCUT2D eigenvalue weighted by molar-refractivity contribution is 5.96. The van der Waals surface area contributed by atoms with Crippen LogP contribution in [0.3, 0.4) is 0 Å².